The van der Waals surface area contributed by atoms with Gasteiger partial charge in [0.05, 0.1) is 5.76 Å². The van der Waals surface area contributed by atoms with Crippen molar-refractivity contribution >= 4 is 5.78 Å². The van der Waals surface area contributed by atoms with Gasteiger partial charge in [0.2, 0.25) is 0 Å². The van der Waals surface area contributed by atoms with Gasteiger partial charge >= 0.3 is 0 Å². The first-order valence-corrected chi connectivity index (χ1v) is 13.6. The molecular weight excluding hydrogens is 683 g/mol. The summed E-state index contributed by atoms with van der Waals surface area (Å²) in [5.41, 5.74) is 13.1. The number of hydrogen-bond acceptors (Lipinski definition) is 3. The Balaban J connectivity index is 0.000000379. The van der Waals surface area contributed by atoms with E-state index in [2.05, 4.69) is 102 Å². The summed E-state index contributed by atoms with van der Waals surface area (Å²) < 4.78 is 0. The molecule has 5 aromatic rings. The fraction of sp³-hybridized carbons (Fsp3) is 0.135. The van der Waals surface area contributed by atoms with E-state index in [1.165, 1.54) is 64.4 Å². The molecule has 205 valence electrons. The maximum atomic E-state index is 10.0. The Morgan fingerprint density at radius 2 is 1.51 bits per heavy atom. The third-order valence-corrected chi connectivity index (χ3v) is 7.85. The van der Waals surface area contributed by atoms with E-state index in [0.717, 1.165) is 24.1 Å². The van der Waals surface area contributed by atoms with Crippen molar-refractivity contribution < 1.29 is 30.0 Å². The normalized spacial score (nSPS) is 16.1. The van der Waals surface area contributed by atoms with Crippen LogP contribution in [0, 0.1) is 6.07 Å². The van der Waals surface area contributed by atoms with Crippen molar-refractivity contribution in [3.63, 3.8) is 0 Å². The number of hydrogen-bond donors (Lipinski definition) is 1. The van der Waals surface area contributed by atoms with Crippen LogP contribution in [0.3, 0.4) is 0 Å². The van der Waals surface area contributed by atoms with Gasteiger partial charge in [0.25, 0.3) is 0 Å². The van der Waals surface area contributed by atoms with Crippen LogP contribution in [0.5, 0.6) is 0 Å². The van der Waals surface area contributed by atoms with Crippen LogP contribution < -0.4 is 0 Å². The van der Waals surface area contributed by atoms with Gasteiger partial charge in [-0.25, -0.2) is 0 Å². The number of nitrogens with zero attached hydrogens (tertiary/aromatic N) is 1. The molecule has 1 heterocycles. The number of allylic oxidation sites excluding steroid dienone is 2. The summed E-state index contributed by atoms with van der Waals surface area (Å²) in [7, 11) is 0. The van der Waals surface area contributed by atoms with Gasteiger partial charge in [-0.3, -0.25) is 4.79 Å². The van der Waals surface area contributed by atoms with Crippen LogP contribution in [0.25, 0.3) is 33.5 Å². The Labute approximate surface area is 255 Å². The number of carbonyl (C=O) groups excluding carboxylic acids is 1. The molecule has 0 saturated carbocycles. The summed E-state index contributed by atoms with van der Waals surface area (Å²) in [6, 6.07) is 40.9. The van der Waals surface area contributed by atoms with E-state index in [9.17, 15) is 4.79 Å². The van der Waals surface area contributed by atoms with Gasteiger partial charge in [-0.05, 0) is 77.9 Å². The van der Waals surface area contributed by atoms with Crippen LogP contribution in [-0.4, -0.2) is 15.9 Å². The summed E-state index contributed by atoms with van der Waals surface area (Å²) in [5.74, 6) is -0.0625. The van der Waals surface area contributed by atoms with Crippen molar-refractivity contribution in [3.05, 3.63) is 149 Å². The maximum Gasteiger partial charge on any atom is 0.155 e. The fourth-order valence-electron chi connectivity index (χ4n) is 6.22. The first-order chi connectivity index (χ1) is 19.4. The zero-order valence-electron chi connectivity index (χ0n) is 23.0. The second-order valence-corrected chi connectivity index (χ2v) is 10.6. The second-order valence-electron chi connectivity index (χ2n) is 10.6. The number of aliphatic hydroxyl groups is 1. The average Bonchev–Trinajstić information content (AvgIpc) is 3.49. The van der Waals surface area contributed by atoms with Crippen LogP contribution in [0.4, 0.5) is 0 Å². The first kappa shape index (κ1) is 28.4. The van der Waals surface area contributed by atoms with Crippen LogP contribution in [0.15, 0.2) is 121 Å². The minimum Gasteiger partial charge on any atom is -0.512 e. The Hall–Kier alpha value is -4.11. The molecule has 2 aliphatic rings. The summed E-state index contributed by atoms with van der Waals surface area (Å²) in [4.78, 5) is 14.6. The molecule has 0 bridgehead atoms. The molecule has 4 heteroatoms. The van der Waals surface area contributed by atoms with Crippen LogP contribution in [0.1, 0.15) is 36.1 Å². The smallest absolute Gasteiger partial charge is 0.155 e. The van der Waals surface area contributed by atoms with Gasteiger partial charge in [0, 0.05) is 37.8 Å². The molecule has 3 nitrogen and oxygen atoms in total. The summed E-state index contributed by atoms with van der Waals surface area (Å²) in [6.07, 6.45) is 5.05. The van der Waals surface area contributed by atoms with E-state index in [0.29, 0.717) is 0 Å². The number of benzene rings is 4. The SMILES string of the molecule is CC(=O)/C=C(/C)O.[Ir].[c-]1cc2c(cc1-c1ccccn1)CC1(C2)c2ccccc2-c2ccc(-c3ccccc3)cc21. The van der Waals surface area contributed by atoms with E-state index in [1.54, 1.807) is 0 Å². The average molecular weight is 713 g/mol. The van der Waals surface area contributed by atoms with Gasteiger partial charge < -0.3 is 10.1 Å². The molecule has 2 aliphatic carbocycles. The molecule has 7 rings (SSSR count). The van der Waals surface area contributed by atoms with Crippen molar-refractivity contribution in [3.8, 4) is 33.5 Å². The third kappa shape index (κ3) is 5.46. The minimum absolute atomic E-state index is 0. The molecule has 0 aliphatic heterocycles. The number of ketones is 1. The topological polar surface area (TPSA) is 50.2 Å². The van der Waals surface area contributed by atoms with E-state index < -0.39 is 0 Å². The fourth-order valence-corrected chi connectivity index (χ4v) is 6.22. The monoisotopic (exact) mass is 713 g/mol. The number of rotatable bonds is 3. The standard InChI is InChI=1S/C32H22N.C5H8O2.Ir/c1-2-8-22(9-3-1)23-15-16-28-27-10-4-5-11-29(27)32(30(28)19-23)20-25-14-13-24(18-26(25)21-32)31-12-6-7-17-33-31;1-4(6)3-5(2)7;/h1-12,14-19H,20-21H2;3,6H,1-2H3;/q-1;;/b;4-3-;. The van der Waals surface area contributed by atoms with E-state index in [4.69, 9.17) is 5.11 Å². The minimum atomic E-state index is -0.125. The van der Waals surface area contributed by atoms with E-state index >= 15 is 0 Å². The largest absolute Gasteiger partial charge is 0.512 e. The zero-order valence-corrected chi connectivity index (χ0v) is 25.4. The summed E-state index contributed by atoms with van der Waals surface area (Å²) >= 11 is 0. The van der Waals surface area contributed by atoms with Crippen LogP contribution >= 0.6 is 0 Å². The van der Waals surface area contributed by atoms with Crippen molar-refractivity contribution in [2.24, 2.45) is 0 Å². The Kier molecular flexibility index (Phi) is 8.17. The number of aliphatic hydroxyl groups excluding tert-OH is 1. The number of carbonyl (C=O) groups is 1. The van der Waals surface area contributed by atoms with Crippen molar-refractivity contribution in [1.82, 2.24) is 4.98 Å². The molecule has 1 atom stereocenters. The van der Waals surface area contributed by atoms with E-state index in [-0.39, 0.29) is 37.1 Å². The molecule has 41 heavy (non-hydrogen) atoms. The quantitative estimate of drug-likeness (QED) is 0.116. The third-order valence-electron chi connectivity index (χ3n) is 7.85. The Morgan fingerprint density at radius 1 is 0.805 bits per heavy atom. The summed E-state index contributed by atoms with van der Waals surface area (Å²) in [5, 5.41) is 8.36. The number of aromatic nitrogens is 1. The number of pyridine rings is 1. The molecule has 0 fully saturated rings. The van der Waals surface area contributed by atoms with Crippen LogP contribution in [0.2, 0.25) is 0 Å². The second kappa shape index (κ2) is 11.8. The molecule has 0 saturated heterocycles. The predicted octanol–water partition coefficient (Wildman–Crippen LogP) is 8.32. The molecule has 1 N–H and O–H groups in total. The molecule has 1 unspecified atom stereocenters. The van der Waals surface area contributed by atoms with Crippen LogP contribution in [-0.2, 0) is 43.2 Å². The van der Waals surface area contributed by atoms with Gasteiger partial charge in [-0.2, -0.15) is 0 Å². The summed E-state index contributed by atoms with van der Waals surface area (Å²) in [6.45, 7) is 2.85. The van der Waals surface area contributed by atoms with Gasteiger partial charge in [-0.1, -0.05) is 78.9 Å². The van der Waals surface area contributed by atoms with Crippen molar-refractivity contribution in [2.45, 2.75) is 32.1 Å². The van der Waals surface area contributed by atoms with Crippen molar-refractivity contribution in [1.29, 1.82) is 0 Å². The van der Waals surface area contributed by atoms with Crippen molar-refractivity contribution in [2.75, 3.05) is 0 Å². The number of fused-ring (bicyclic) bond motifs is 6. The Bertz CT molecular complexity index is 1740. The molecule has 1 radical (unpaired) electrons. The molecule has 0 amide bonds. The van der Waals surface area contributed by atoms with E-state index in [1.807, 2.05) is 18.3 Å². The Morgan fingerprint density at radius 3 is 2.22 bits per heavy atom. The maximum absolute atomic E-state index is 10.0. The van der Waals surface area contributed by atoms with Gasteiger partial charge in [0.15, 0.2) is 5.78 Å². The molecule has 1 aromatic heterocycles. The predicted molar refractivity (Wildman–Crippen MR) is 161 cm³/mol. The first-order valence-electron chi connectivity index (χ1n) is 13.6. The molecule has 1 spiro atoms. The molecular formula is C37H30IrNO2-. The molecule has 4 aromatic carbocycles. The van der Waals surface area contributed by atoms with Gasteiger partial charge in [0.1, 0.15) is 0 Å². The van der Waals surface area contributed by atoms with Gasteiger partial charge in [-0.15, -0.1) is 34.9 Å². The zero-order chi connectivity index (χ0) is 27.7.